The van der Waals surface area contributed by atoms with Crippen LogP contribution in [-0.4, -0.2) is 30.3 Å². The summed E-state index contributed by atoms with van der Waals surface area (Å²) in [6.45, 7) is 5.27. The lowest BCUT2D eigenvalue weighted by molar-refractivity contribution is -0.139. The van der Waals surface area contributed by atoms with Crippen LogP contribution in [0, 0.1) is 7.14 Å². The number of hydrogen-bond acceptors (Lipinski definition) is 5. The number of halogens is 2. The number of benzene rings is 1. The van der Waals surface area contributed by atoms with Gasteiger partial charge in [-0.2, -0.15) is 0 Å². The molecule has 0 fully saturated rings. The van der Waals surface area contributed by atoms with Gasteiger partial charge in [0.05, 0.1) is 16.8 Å². The first-order valence-electron chi connectivity index (χ1n) is 6.00. The summed E-state index contributed by atoms with van der Waals surface area (Å²) in [6, 6.07) is 3.31. The molecule has 0 bridgehead atoms. The molecule has 7 heteroatoms. The molecule has 114 valence electrons. The minimum atomic E-state index is -0.602. The van der Waals surface area contributed by atoms with Gasteiger partial charge >= 0.3 is 11.9 Å². The first-order valence-corrected chi connectivity index (χ1v) is 8.16. The molecule has 5 nitrogen and oxygen atoms in total. The van der Waals surface area contributed by atoms with Crippen molar-refractivity contribution in [2.75, 3.05) is 13.2 Å². The van der Waals surface area contributed by atoms with E-state index in [0.29, 0.717) is 15.6 Å². The summed E-state index contributed by atoms with van der Waals surface area (Å²) >= 11 is 4.00. The van der Waals surface area contributed by atoms with Crippen molar-refractivity contribution in [3.63, 3.8) is 0 Å². The molecule has 0 saturated heterocycles. The van der Waals surface area contributed by atoms with E-state index in [4.69, 9.17) is 9.47 Å². The highest BCUT2D eigenvalue weighted by Crippen LogP contribution is 2.27. The number of esters is 2. The third-order valence-corrected chi connectivity index (χ3v) is 3.80. The normalized spacial score (nSPS) is 10.0. The van der Waals surface area contributed by atoms with Crippen LogP contribution in [0.15, 0.2) is 24.3 Å². The monoisotopic (exact) mass is 516 g/mol. The molecule has 21 heavy (non-hydrogen) atoms. The zero-order chi connectivity index (χ0) is 16.0. The van der Waals surface area contributed by atoms with Crippen LogP contribution >= 0.6 is 45.2 Å². The van der Waals surface area contributed by atoms with Gasteiger partial charge in [-0.05, 0) is 64.2 Å². The van der Waals surface area contributed by atoms with Gasteiger partial charge in [0, 0.05) is 15.6 Å². The van der Waals surface area contributed by atoms with E-state index in [1.807, 2.05) is 22.6 Å². The molecule has 1 N–H and O–H groups in total. The number of carbonyl (C=O) groups is 2. The molecule has 0 radical (unpaired) electrons. The molecule has 0 aliphatic rings. The molecule has 0 unspecified atom stereocenters. The van der Waals surface area contributed by atoms with E-state index in [1.54, 1.807) is 19.1 Å². The van der Waals surface area contributed by atoms with E-state index < -0.39 is 11.9 Å². The van der Waals surface area contributed by atoms with Crippen molar-refractivity contribution in [3.05, 3.63) is 37.0 Å². The van der Waals surface area contributed by atoms with Crippen molar-refractivity contribution in [1.29, 1.82) is 0 Å². The van der Waals surface area contributed by atoms with Crippen molar-refractivity contribution >= 4 is 57.1 Å². The molecule has 1 aromatic rings. The summed E-state index contributed by atoms with van der Waals surface area (Å²) in [6.07, 6.45) is 0.381. The maximum absolute atomic E-state index is 11.9. The maximum atomic E-state index is 11.9. The Labute approximate surface area is 150 Å². The highest BCUT2D eigenvalue weighted by atomic mass is 127. The van der Waals surface area contributed by atoms with Crippen molar-refractivity contribution in [2.45, 2.75) is 13.3 Å². The predicted molar refractivity (Wildman–Crippen MR) is 94.2 cm³/mol. The van der Waals surface area contributed by atoms with Gasteiger partial charge in [-0.25, -0.2) is 9.59 Å². The maximum Gasteiger partial charge on any atom is 0.341 e. The minimum absolute atomic E-state index is 0.0882. The molecular formula is C14H14I2O5. The lowest BCUT2D eigenvalue weighted by atomic mass is 10.2. The molecule has 0 aromatic heterocycles. The highest BCUT2D eigenvalue weighted by Gasteiger charge is 2.16. The molecule has 1 aromatic carbocycles. The van der Waals surface area contributed by atoms with Crippen molar-refractivity contribution in [3.8, 4) is 5.75 Å². The second-order valence-corrected chi connectivity index (χ2v) is 6.60. The van der Waals surface area contributed by atoms with Gasteiger partial charge in [-0.1, -0.05) is 6.58 Å². The predicted octanol–water partition coefficient (Wildman–Crippen LogP) is 3.27. The van der Waals surface area contributed by atoms with Crippen molar-refractivity contribution in [1.82, 2.24) is 0 Å². The quantitative estimate of drug-likeness (QED) is 0.272. The van der Waals surface area contributed by atoms with Crippen molar-refractivity contribution < 1.29 is 24.2 Å². The molecular weight excluding hydrogens is 502 g/mol. The zero-order valence-electron chi connectivity index (χ0n) is 11.3. The Bertz CT molecular complexity index is 569. The second kappa shape index (κ2) is 8.57. The number of rotatable bonds is 6. The van der Waals surface area contributed by atoms with Crippen LogP contribution in [0.5, 0.6) is 5.75 Å². The summed E-state index contributed by atoms with van der Waals surface area (Å²) in [7, 11) is 0. The average molecular weight is 516 g/mol. The van der Waals surface area contributed by atoms with Crippen LogP contribution in [-0.2, 0) is 14.3 Å². The standard InChI is InChI=1S/C14H14I2O5/c1-8(2)13(18)20-4-3-5-21-14(19)10-6-9(15)7-11(16)12(10)17/h6-7,17H,1,3-5H2,2H3. The summed E-state index contributed by atoms with van der Waals surface area (Å²) in [5.41, 5.74) is 0.454. The Kier molecular flexibility index (Phi) is 7.43. The zero-order valence-corrected chi connectivity index (χ0v) is 15.6. The molecule has 0 spiro atoms. The van der Waals surface area contributed by atoms with E-state index in [2.05, 4.69) is 29.2 Å². The first kappa shape index (κ1) is 18.2. The fraction of sp³-hybridized carbons (Fsp3) is 0.286. The minimum Gasteiger partial charge on any atom is -0.506 e. The van der Waals surface area contributed by atoms with Gasteiger partial charge in [0.2, 0.25) is 0 Å². The Morgan fingerprint density at radius 1 is 1.24 bits per heavy atom. The number of phenolic OH excluding ortho intramolecular Hbond substituents is 1. The number of aromatic hydroxyl groups is 1. The van der Waals surface area contributed by atoms with Gasteiger partial charge in [0.15, 0.2) is 0 Å². The Balaban J connectivity index is 2.45. The molecule has 0 atom stereocenters. The van der Waals surface area contributed by atoms with Gasteiger partial charge in [0.1, 0.15) is 11.3 Å². The number of phenols is 1. The molecule has 0 aliphatic heterocycles. The first-order chi connectivity index (χ1) is 9.82. The van der Waals surface area contributed by atoms with E-state index in [9.17, 15) is 14.7 Å². The van der Waals surface area contributed by atoms with E-state index >= 15 is 0 Å². The van der Waals surface area contributed by atoms with Gasteiger partial charge in [-0.15, -0.1) is 0 Å². The van der Waals surface area contributed by atoms with E-state index in [0.717, 1.165) is 3.57 Å². The number of hydrogen-bond donors (Lipinski definition) is 1. The van der Waals surface area contributed by atoms with Crippen LogP contribution in [0.25, 0.3) is 0 Å². The fourth-order valence-corrected chi connectivity index (χ4v) is 3.16. The lowest BCUT2D eigenvalue weighted by Gasteiger charge is -2.08. The van der Waals surface area contributed by atoms with Gasteiger partial charge in [-0.3, -0.25) is 0 Å². The summed E-state index contributed by atoms with van der Waals surface area (Å²) < 4.78 is 11.3. The van der Waals surface area contributed by atoms with Crippen LogP contribution in [0.3, 0.4) is 0 Å². The fourth-order valence-electron chi connectivity index (χ4n) is 1.31. The third kappa shape index (κ3) is 5.81. The molecule has 0 saturated carbocycles. The van der Waals surface area contributed by atoms with Crippen LogP contribution < -0.4 is 0 Å². The third-order valence-electron chi connectivity index (χ3n) is 2.35. The van der Waals surface area contributed by atoms with E-state index in [1.165, 1.54) is 0 Å². The number of carbonyl (C=O) groups excluding carboxylic acids is 2. The summed E-state index contributed by atoms with van der Waals surface area (Å²) in [5, 5.41) is 9.84. The van der Waals surface area contributed by atoms with E-state index in [-0.39, 0.29) is 24.5 Å². The molecule has 0 aliphatic carbocycles. The van der Waals surface area contributed by atoms with Crippen LogP contribution in [0.1, 0.15) is 23.7 Å². The topological polar surface area (TPSA) is 72.8 Å². The Morgan fingerprint density at radius 2 is 1.86 bits per heavy atom. The summed E-state index contributed by atoms with van der Waals surface area (Å²) in [4.78, 5) is 23.0. The average Bonchev–Trinajstić information content (AvgIpc) is 2.41. The van der Waals surface area contributed by atoms with Gasteiger partial charge in [0.25, 0.3) is 0 Å². The Morgan fingerprint density at radius 3 is 2.48 bits per heavy atom. The summed E-state index contributed by atoms with van der Waals surface area (Å²) in [5.74, 6) is -1.16. The number of ether oxygens (including phenoxy) is 2. The van der Waals surface area contributed by atoms with Crippen LogP contribution in [0.2, 0.25) is 0 Å². The van der Waals surface area contributed by atoms with Gasteiger partial charge < -0.3 is 14.6 Å². The smallest absolute Gasteiger partial charge is 0.341 e. The Hall–Kier alpha value is -0.840. The molecule has 0 amide bonds. The lowest BCUT2D eigenvalue weighted by Crippen LogP contribution is -2.11. The van der Waals surface area contributed by atoms with Crippen molar-refractivity contribution in [2.24, 2.45) is 0 Å². The largest absolute Gasteiger partial charge is 0.506 e. The second-order valence-electron chi connectivity index (χ2n) is 4.19. The van der Waals surface area contributed by atoms with Crippen LogP contribution in [0.4, 0.5) is 0 Å². The molecule has 0 heterocycles. The SMILES string of the molecule is C=C(C)C(=O)OCCCOC(=O)c1cc(I)cc(I)c1O. The highest BCUT2D eigenvalue weighted by molar-refractivity contribution is 14.1. The molecule has 1 rings (SSSR count).